The van der Waals surface area contributed by atoms with Gasteiger partial charge in [0.2, 0.25) is 5.91 Å². The van der Waals surface area contributed by atoms with Gasteiger partial charge in [0.1, 0.15) is 17.9 Å². The molecule has 2 aromatic carbocycles. The van der Waals surface area contributed by atoms with Gasteiger partial charge in [-0.1, -0.05) is 23.9 Å². The van der Waals surface area contributed by atoms with Crippen molar-refractivity contribution in [1.82, 2.24) is 14.8 Å². The number of hydrogen-bond acceptors (Lipinski definition) is 5. The van der Waals surface area contributed by atoms with Crippen LogP contribution in [0, 0.1) is 5.82 Å². The highest BCUT2D eigenvalue weighted by Crippen LogP contribution is 2.22. The van der Waals surface area contributed by atoms with Crippen molar-refractivity contribution < 1.29 is 13.9 Å². The first-order valence-corrected chi connectivity index (χ1v) is 8.89. The number of amides is 1. The van der Waals surface area contributed by atoms with Crippen LogP contribution in [0.1, 0.15) is 6.92 Å². The smallest absolute Gasteiger partial charge is 0.221 e. The normalized spacial score (nSPS) is 10.5. The zero-order valence-corrected chi connectivity index (χ0v) is 14.9. The number of rotatable bonds is 7. The standard InChI is InChI=1S/C18H17FN4O2S/c1-13(24)21-15-5-3-6-16(11-15)23-12-20-22-18(23)26-9-8-25-17-7-2-4-14(19)10-17/h2-7,10-12H,8-9H2,1H3,(H,21,24). The van der Waals surface area contributed by atoms with Crippen LogP contribution in [0.5, 0.6) is 5.75 Å². The van der Waals surface area contributed by atoms with Crippen molar-refractivity contribution in [2.24, 2.45) is 0 Å². The molecule has 3 aromatic rings. The van der Waals surface area contributed by atoms with Crippen LogP contribution < -0.4 is 10.1 Å². The van der Waals surface area contributed by atoms with Crippen molar-refractivity contribution in [3.05, 3.63) is 60.7 Å². The third-order valence-electron chi connectivity index (χ3n) is 3.34. The highest BCUT2D eigenvalue weighted by atomic mass is 32.2. The van der Waals surface area contributed by atoms with Crippen molar-refractivity contribution in [1.29, 1.82) is 0 Å². The molecule has 1 amide bonds. The molecule has 0 radical (unpaired) electrons. The van der Waals surface area contributed by atoms with Gasteiger partial charge >= 0.3 is 0 Å². The Morgan fingerprint density at radius 1 is 1.27 bits per heavy atom. The second-order valence-electron chi connectivity index (χ2n) is 5.37. The van der Waals surface area contributed by atoms with Crippen LogP contribution in [-0.4, -0.2) is 33.0 Å². The van der Waals surface area contributed by atoms with Gasteiger partial charge in [0.05, 0.1) is 12.3 Å². The molecular weight excluding hydrogens is 355 g/mol. The van der Waals surface area contributed by atoms with Gasteiger partial charge in [-0.2, -0.15) is 0 Å². The van der Waals surface area contributed by atoms with Crippen LogP contribution in [0.2, 0.25) is 0 Å². The number of anilines is 1. The number of aromatic nitrogens is 3. The average Bonchev–Trinajstić information content (AvgIpc) is 3.07. The summed E-state index contributed by atoms with van der Waals surface area (Å²) < 4.78 is 20.5. The Morgan fingerprint density at radius 3 is 2.92 bits per heavy atom. The summed E-state index contributed by atoms with van der Waals surface area (Å²) in [6.07, 6.45) is 1.61. The second kappa shape index (κ2) is 8.48. The molecule has 0 atom stereocenters. The number of halogens is 1. The second-order valence-corrected chi connectivity index (χ2v) is 6.43. The highest BCUT2D eigenvalue weighted by Gasteiger charge is 2.08. The van der Waals surface area contributed by atoms with Gasteiger partial charge in [0.15, 0.2) is 5.16 Å². The molecule has 0 spiro atoms. The van der Waals surface area contributed by atoms with E-state index in [0.29, 0.717) is 29.0 Å². The van der Waals surface area contributed by atoms with Crippen LogP contribution in [0.3, 0.4) is 0 Å². The Bertz CT molecular complexity index is 900. The fourth-order valence-electron chi connectivity index (χ4n) is 2.29. The summed E-state index contributed by atoms with van der Waals surface area (Å²) in [5.74, 6) is 0.666. The van der Waals surface area contributed by atoms with E-state index in [4.69, 9.17) is 4.74 Å². The van der Waals surface area contributed by atoms with E-state index in [1.54, 1.807) is 18.5 Å². The molecule has 6 nitrogen and oxygen atoms in total. The maximum atomic E-state index is 13.1. The summed E-state index contributed by atoms with van der Waals surface area (Å²) >= 11 is 1.48. The van der Waals surface area contributed by atoms with Crippen molar-refractivity contribution in [2.45, 2.75) is 12.1 Å². The quantitative estimate of drug-likeness (QED) is 0.507. The summed E-state index contributed by atoms with van der Waals surface area (Å²) in [6.45, 7) is 1.87. The summed E-state index contributed by atoms with van der Waals surface area (Å²) in [7, 11) is 0. The molecule has 1 heterocycles. The van der Waals surface area contributed by atoms with Crippen molar-refractivity contribution >= 4 is 23.4 Å². The highest BCUT2D eigenvalue weighted by molar-refractivity contribution is 7.99. The lowest BCUT2D eigenvalue weighted by molar-refractivity contribution is -0.114. The number of carbonyl (C=O) groups excluding carboxylic acids is 1. The molecule has 0 aliphatic heterocycles. The molecular formula is C18H17FN4O2S. The SMILES string of the molecule is CC(=O)Nc1cccc(-n2cnnc2SCCOc2cccc(F)c2)c1. The van der Waals surface area contributed by atoms with Gasteiger partial charge < -0.3 is 10.1 Å². The first kappa shape index (κ1) is 17.9. The number of nitrogens with zero attached hydrogens (tertiary/aromatic N) is 3. The Labute approximate surface area is 154 Å². The summed E-state index contributed by atoms with van der Waals surface area (Å²) in [4.78, 5) is 11.2. The average molecular weight is 372 g/mol. The lowest BCUT2D eigenvalue weighted by Crippen LogP contribution is -2.06. The maximum absolute atomic E-state index is 13.1. The van der Waals surface area contributed by atoms with E-state index in [2.05, 4.69) is 15.5 Å². The van der Waals surface area contributed by atoms with E-state index < -0.39 is 0 Å². The van der Waals surface area contributed by atoms with Crippen LogP contribution >= 0.6 is 11.8 Å². The Morgan fingerprint density at radius 2 is 2.12 bits per heavy atom. The molecule has 8 heteroatoms. The molecule has 26 heavy (non-hydrogen) atoms. The minimum atomic E-state index is -0.325. The van der Waals surface area contributed by atoms with Crippen LogP contribution in [-0.2, 0) is 4.79 Å². The van der Waals surface area contributed by atoms with E-state index in [1.807, 2.05) is 28.8 Å². The van der Waals surface area contributed by atoms with Crippen LogP contribution in [0.15, 0.2) is 60.0 Å². The molecule has 0 aliphatic rings. The molecule has 0 fully saturated rings. The van der Waals surface area contributed by atoms with E-state index in [-0.39, 0.29) is 11.7 Å². The minimum Gasteiger partial charge on any atom is -0.493 e. The van der Waals surface area contributed by atoms with Crippen LogP contribution in [0.4, 0.5) is 10.1 Å². The fraction of sp³-hybridized carbons (Fsp3) is 0.167. The van der Waals surface area contributed by atoms with E-state index >= 15 is 0 Å². The summed E-state index contributed by atoms with van der Waals surface area (Å²) in [5.41, 5.74) is 1.55. The fourth-order valence-corrected chi connectivity index (χ4v) is 3.03. The Kier molecular flexibility index (Phi) is 5.85. The van der Waals surface area contributed by atoms with E-state index in [9.17, 15) is 9.18 Å². The first-order chi connectivity index (χ1) is 12.6. The molecule has 0 unspecified atom stereocenters. The molecule has 0 aliphatic carbocycles. The monoisotopic (exact) mass is 372 g/mol. The summed E-state index contributed by atoms with van der Waals surface area (Å²) in [6, 6.07) is 13.5. The van der Waals surface area contributed by atoms with Crippen molar-refractivity contribution in [3.8, 4) is 11.4 Å². The van der Waals surface area contributed by atoms with Gasteiger partial charge in [0.25, 0.3) is 0 Å². The Hall–Kier alpha value is -2.87. The van der Waals surface area contributed by atoms with Gasteiger partial charge in [-0.05, 0) is 30.3 Å². The molecule has 0 saturated carbocycles. The topological polar surface area (TPSA) is 69.0 Å². The molecule has 3 rings (SSSR count). The number of ether oxygens (including phenoxy) is 1. The molecule has 1 aromatic heterocycles. The third-order valence-corrected chi connectivity index (χ3v) is 4.25. The zero-order valence-electron chi connectivity index (χ0n) is 14.1. The van der Waals surface area contributed by atoms with Gasteiger partial charge in [-0.15, -0.1) is 10.2 Å². The Balaban J connectivity index is 1.61. The molecule has 0 bridgehead atoms. The van der Waals surface area contributed by atoms with Crippen LogP contribution in [0.25, 0.3) is 5.69 Å². The zero-order chi connectivity index (χ0) is 18.4. The van der Waals surface area contributed by atoms with Gasteiger partial charge in [-0.25, -0.2) is 4.39 Å². The molecule has 134 valence electrons. The van der Waals surface area contributed by atoms with E-state index in [0.717, 1.165) is 5.69 Å². The number of benzene rings is 2. The molecule has 0 saturated heterocycles. The first-order valence-electron chi connectivity index (χ1n) is 7.91. The third kappa shape index (κ3) is 4.82. The predicted octanol–water partition coefficient (Wildman–Crippen LogP) is 3.54. The maximum Gasteiger partial charge on any atom is 0.221 e. The lowest BCUT2D eigenvalue weighted by Gasteiger charge is -2.09. The minimum absolute atomic E-state index is 0.130. The van der Waals surface area contributed by atoms with Gasteiger partial charge in [-0.3, -0.25) is 9.36 Å². The number of nitrogens with one attached hydrogen (secondary N) is 1. The van der Waals surface area contributed by atoms with Crippen molar-refractivity contribution in [2.75, 3.05) is 17.7 Å². The van der Waals surface area contributed by atoms with Gasteiger partial charge in [0, 0.05) is 24.4 Å². The van der Waals surface area contributed by atoms with E-state index in [1.165, 1.54) is 30.8 Å². The number of thioether (sulfide) groups is 1. The number of hydrogen-bond donors (Lipinski definition) is 1. The largest absolute Gasteiger partial charge is 0.493 e. The number of carbonyl (C=O) groups is 1. The lowest BCUT2D eigenvalue weighted by atomic mass is 10.2. The van der Waals surface area contributed by atoms with Crippen molar-refractivity contribution in [3.63, 3.8) is 0 Å². The summed E-state index contributed by atoms with van der Waals surface area (Å²) in [5, 5.41) is 11.5. The predicted molar refractivity (Wildman–Crippen MR) is 98.3 cm³/mol. The molecule has 1 N–H and O–H groups in total.